The molecule has 1 aromatic heterocycles. The standard InChI is InChI=1S/C13H16N4O3/c1-9-15-16-12(20-9)8-19-11-6-4-5-10(7-11)14-13(18)17(2)3/h4-7H,8H2,1-3H3,(H,14,18). The summed E-state index contributed by atoms with van der Waals surface area (Å²) in [6, 6.07) is 6.89. The number of nitrogens with one attached hydrogen (secondary N) is 1. The van der Waals surface area contributed by atoms with Gasteiger partial charge in [0.1, 0.15) is 5.75 Å². The van der Waals surface area contributed by atoms with Crippen LogP contribution in [0.1, 0.15) is 11.8 Å². The maximum atomic E-state index is 11.5. The minimum absolute atomic E-state index is 0.186. The molecule has 0 spiro atoms. The highest BCUT2D eigenvalue weighted by Crippen LogP contribution is 2.18. The van der Waals surface area contributed by atoms with Gasteiger partial charge in [0, 0.05) is 32.8 Å². The molecule has 0 saturated heterocycles. The zero-order valence-corrected chi connectivity index (χ0v) is 11.6. The third kappa shape index (κ3) is 3.71. The van der Waals surface area contributed by atoms with E-state index in [0.29, 0.717) is 23.2 Å². The van der Waals surface area contributed by atoms with Crippen LogP contribution in [0.2, 0.25) is 0 Å². The molecule has 7 nitrogen and oxygen atoms in total. The number of aryl methyl sites for hydroxylation is 1. The maximum Gasteiger partial charge on any atom is 0.321 e. The molecule has 2 aromatic rings. The van der Waals surface area contributed by atoms with Crippen LogP contribution in [0.4, 0.5) is 10.5 Å². The first kappa shape index (κ1) is 13.9. The zero-order chi connectivity index (χ0) is 14.5. The van der Waals surface area contributed by atoms with Gasteiger partial charge in [-0.15, -0.1) is 10.2 Å². The van der Waals surface area contributed by atoms with Gasteiger partial charge in [-0.25, -0.2) is 4.79 Å². The molecule has 20 heavy (non-hydrogen) atoms. The van der Waals surface area contributed by atoms with E-state index in [0.717, 1.165) is 0 Å². The Hall–Kier alpha value is -2.57. The Kier molecular flexibility index (Phi) is 4.19. The number of nitrogens with zero attached hydrogens (tertiary/aromatic N) is 3. The van der Waals surface area contributed by atoms with Crippen molar-refractivity contribution in [2.75, 3.05) is 19.4 Å². The van der Waals surface area contributed by atoms with Crippen LogP contribution in [0.3, 0.4) is 0 Å². The van der Waals surface area contributed by atoms with E-state index in [-0.39, 0.29) is 12.6 Å². The molecule has 0 aliphatic carbocycles. The first-order valence-corrected chi connectivity index (χ1v) is 6.05. The molecule has 0 fully saturated rings. The van der Waals surface area contributed by atoms with E-state index in [1.807, 2.05) is 0 Å². The molecule has 106 valence electrons. The number of urea groups is 1. The van der Waals surface area contributed by atoms with E-state index in [9.17, 15) is 4.79 Å². The van der Waals surface area contributed by atoms with Crippen LogP contribution in [0.5, 0.6) is 5.75 Å². The first-order valence-electron chi connectivity index (χ1n) is 6.05. The van der Waals surface area contributed by atoms with Crippen LogP contribution in [-0.4, -0.2) is 35.2 Å². The van der Waals surface area contributed by atoms with Crippen molar-refractivity contribution in [2.24, 2.45) is 0 Å². The summed E-state index contributed by atoms with van der Waals surface area (Å²) in [5.74, 6) is 1.51. The van der Waals surface area contributed by atoms with Crippen LogP contribution >= 0.6 is 0 Å². The molecule has 1 aromatic carbocycles. The van der Waals surface area contributed by atoms with Crippen LogP contribution in [0, 0.1) is 6.92 Å². The number of ether oxygens (including phenoxy) is 1. The van der Waals surface area contributed by atoms with Crippen LogP contribution in [-0.2, 0) is 6.61 Å². The zero-order valence-electron chi connectivity index (χ0n) is 11.6. The Morgan fingerprint density at radius 1 is 1.40 bits per heavy atom. The van der Waals surface area contributed by atoms with Gasteiger partial charge in [-0.1, -0.05) is 6.07 Å². The number of aromatic nitrogens is 2. The van der Waals surface area contributed by atoms with Crippen LogP contribution in [0.25, 0.3) is 0 Å². The van der Waals surface area contributed by atoms with Gasteiger partial charge in [0.05, 0.1) is 0 Å². The second-order valence-electron chi connectivity index (χ2n) is 4.36. The number of carbonyl (C=O) groups is 1. The van der Waals surface area contributed by atoms with Crippen molar-refractivity contribution >= 4 is 11.7 Å². The number of hydrogen-bond donors (Lipinski definition) is 1. The molecule has 2 amide bonds. The summed E-state index contributed by atoms with van der Waals surface area (Å²) in [6.45, 7) is 1.90. The third-order valence-corrected chi connectivity index (χ3v) is 2.42. The summed E-state index contributed by atoms with van der Waals surface area (Å²) < 4.78 is 10.7. The molecular formula is C13H16N4O3. The summed E-state index contributed by atoms with van der Waals surface area (Å²) >= 11 is 0. The van der Waals surface area contributed by atoms with Gasteiger partial charge in [0.15, 0.2) is 6.61 Å². The molecule has 0 aliphatic heterocycles. The highest BCUT2D eigenvalue weighted by atomic mass is 16.5. The molecule has 1 heterocycles. The van der Waals surface area contributed by atoms with Crippen LogP contribution in [0.15, 0.2) is 28.7 Å². The number of amides is 2. The smallest absolute Gasteiger partial charge is 0.321 e. The van der Waals surface area contributed by atoms with E-state index in [4.69, 9.17) is 9.15 Å². The van der Waals surface area contributed by atoms with E-state index in [1.165, 1.54) is 4.90 Å². The van der Waals surface area contributed by atoms with Gasteiger partial charge in [-0.2, -0.15) is 0 Å². The van der Waals surface area contributed by atoms with Crippen LogP contribution < -0.4 is 10.1 Å². The molecule has 0 atom stereocenters. The van der Waals surface area contributed by atoms with Gasteiger partial charge in [0.2, 0.25) is 5.89 Å². The van der Waals surface area contributed by atoms with E-state index >= 15 is 0 Å². The Balaban J connectivity index is 1.97. The number of rotatable bonds is 4. The van der Waals surface area contributed by atoms with Gasteiger partial charge in [-0.05, 0) is 12.1 Å². The van der Waals surface area contributed by atoms with Crippen molar-refractivity contribution in [3.63, 3.8) is 0 Å². The van der Waals surface area contributed by atoms with Crippen molar-refractivity contribution < 1.29 is 13.9 Å². The molecule has 0 radical (unpaired) electrons. The topological polar surface area (TPSA) is 80.5 Å². The van der Waals surface area contributed by atoms with Gasteiger partial charge in [-0.3, -0.25) is 0 Å². The second kappa shape index (κ2) is 6.05. The lowest BCUT2D eigenvalue weighted by atomic mass is 10.3. The molecular weight excluding hydrogens is 260 g/mol. The van der Waals surface area contributed by atoms with E-state index in [2.05, 4.69) is 15.5 Å². The lowest BCUT2D eigenvalue weighted by Crippen LogP contribution is -2.27. The Bertz CT molecular complexity index is 595. The monoisotopic (exact) mass is 276 g/mol. The number of hydrogen-bond acceptors (Lipinski definition) is 5. The normalized spacial score (nSPS) is 10.2. The number of anilines is 1. The van der Waals surface area contributed by atoms with Gasteiger partial charge in [0.25, 0.3) is 5.89 Å². The van der Waals surface area contributed by atoms with Gasteiger partial charge >= 0.3 is 6.03 Å². The quantitative estimate of drug-likeness (QED) is 0.924. The molecule has 0 unspecified atom stereocenters. The highest BCUT2D eigenvalue weighted by Gasteiger charge is 2.06. The number of carbonyl (C=O) groups excluding carboxylic acids is 1. The molecule has 1 N–H and O–H groups in total. The summed E-state index contributed by atoms with van der Waals surface area (Å²) in [4.78, 5) is 13.0. The maximum absolute atomic E-state index is 11.5. The molecule has 0 aliphatic rings. The lowest BCUT2D eigenvalue weighted by molar-refractivity contribution is 0.230. The van der Waals surface area contributed by atoms with E-state index < -0.39 is 0 Å². The SMILES string of the molecule is Cc1nnc(COc2cccc(NC(=O)N(C)C)c2)o1. The van der Waals surface area contributed by atoms with Crippen molar-refractivity contribution in [3.05, 3.63) is 36.0 Å². The average Bonchev–Trinajstić information content (AvgIpc) is 2.82. The molecule has 2 rings (SSSR count). The highest BCUT2D eigenvalue weighted by molar-refractivity contribution is 5.89. The number of benzene rings is 1. The largest absolute Gasteiger partial charge is 0.484 e. The summed E-state index contributed by atoms with van der Waals surface area (Å²) in [5.41, 5.74) is 0.655. The average molecular weight is 276 g/mol. The van der Waals surface area contributed by atoms with E-state index in [1.54, 1.807) is 45.3 Å². The Morgan fingerprint density at radius 2 is 2.20 bits per heavy atom. The minimum Gasteiger partial charge on any atom is -0.484 e. The molecule has 7 heteroatoms. The van der Waals surface area contributed by atoms with Gasteiger partial charge < -0.3 is 19.4 Å². The fourth-order valence-electron chi connectivity index (χ4n) is 1.44. The summed E-state index contributed by atoms with van der Waals surface area (Å²) in [5, 5.41) is 10.3. The summed E-state index contributed by atoms with van der Waals surface area (Å²) in [7, 11) is 3.35. The third-order valence-electron chi connectivity index (χ3n) is 2.42. The minimum atomic E-state index is -0.199. The summed E-state index contributed by atoms with van der Waals surface area (Å²) in [6.07, 6.45) is 0. The first-order chi connectivity index (χ1) is 9.54. The lowest BCUT2D eigenvalue weighted by Gasteiger charge is -2.12. The van der Waals surface area contributed by atoms with Crippen molar-refractivity contribution in [1.82, 2.24) is 15.1 Å². The Morgan fingerprint density at radius 3 is 2.85 bits per heavy atom. The fourth-order valence-corrected chi connectivity index (χ4v) is 1.44. The molecule has 0 saturated carbocycles. The predicted octanol–water partition coefficient (Wildman–Crippen LogP) is 2.05. The fraction of sp³-hybridized carbons (Fsp3) is 0.308. The van der Waals surface area contributed by atoms with Crippen molar-refractivity contribution in [3.8, 4) is 5.75 Å². The van der Waals surface area contributed by atoms with Crippen molar-refractivity contribution in [1.29, 1.82) is 0 Å². The van der Waals surface area contributed by atoms with Crippen molar-refractivity contribution in [2.45, 2.75) is 13.5 Å². The second-order valence-corrected chi connectivity index (χ2v) is 4.36. The predicted molar refractivity (Wildman–Crippen MR) is 72.5 cm³/mol. The Labute approximate surface area is 116 Å². The molecule has 0 bridgehead atoms.